The van der Waals surface area contributed by atoms with Gasteiger partial charge in [0.1, 0.15) is 18.2 Å². The molecule has 9 heteroatoms. The fourth-order valence-electron chi connectivity index (χ4n) is 3.78. The molecular formula is C24H26N4O5. The summed E-state index contributed by atoms with van der Waals surface area (Å²) in [6.45, 7) is 1.38. The minimum Gasteiger partial charge on any atom is -0.491 e. The van der Waals surface area contributed by atoms with Crippen LogP contribution in [0.2, 0.25) is 0 Å². The van der Waals surface area contributed by atoms with Crippen molar-refractivity contribution in [3.05, 3.63) is 86.6 Å². The van der Waals surface area contributed by atoms with Gasteiger partial charge in [-0.25, -0.2) is 4.79 Å². The van der Waals surface area contributed by atoms with Gasteiger partial charge in [0.2, 0.25) is 0 Å². The lowest BCUT2D eigenvalue weighted by molar-refractivity contribution is 0.0679. The maximum atomic E-state index is 13.1. The minimum absolute atomic E-state index is 0.0834. The number of hydrogen-bond acceptors (Lipinski definition) is 6. The van der Waals surface area contributed by atoms with Crippen molar-refractivity contribution in [3.63, 3.8) is 0 Å². The number of rotatable bonds is 7. The molecular weight excluding hydrogens is 424 g/mol. The van der Waals surface area contributed by atoms with Crippen LogP contribution in [0.25, 0.3) is 0 Å². The zero-order chi connectivity index (χ0) is 23.4. The topological polar surface area (TPSA) is 120 Å². The van der Waals surface area contributed by atoms with Crippen LogP contribution >= 0.6 is 0 Å². The van der Waals surface area contributed by atoms with E-state index in [1.54, 1.807) is 24.3 Å². The summed E-state index contributed by atoms with van der Waals surface area (Å²) in [4.78, 5) is 41.4. The molecule has 0 radical (unpaired) electrons. The maximum absolute atomic E-state index is 13.1. The van der Waals surface area contributed by atoms with Crippen LogP contribution in [-0.4, -0.2) is 41.8 Å². The van der Waals surface area contributed by atoms with E-state index >= 15 is 0 Å². The highest BCUT2D eigenvalue weighted by Gasteiger charge is 2.22. The van der Waals surface area contributed by atoms with Crippen molar-refractivity contribution < 1.29 is 14.3 Å². The molecule has 1 amide bonds. The Kier molecular flexibility index (Phi) is 6.60. The predicted octanol–water partition coefficient (Wildman–Crippen LogP) is 2.00. The summed E-state index contributed by atoms with van der Waals surface area (Å²) < 4.78 is 12.5. The Bertz CT molecular complexity index is 1230. The number of aromatic amines is 1. The summed E-state index contributed by atoms with van der Waals surface area (Å²) in [5.41, 5.74) is 5.91. The maximum Gasteiger partial charge on any atom is 0.330 e. The van der Waals surface area contributed by atoms with E-state index in [9.17, 15) is 14.4 Å². The lowest BCUT2D eigenvalue weighted by atomic mass is 10.2. The van der Waals surface area contributed by atoms with Crippen molar-refractivity contribution in [2.75, 3.05) is 30.9 Å². The summed E-state index contributed by atoms with van der Waals surface area (Å²) in [6.07, 6.45) is 2.11. The number of aromatic nitrogens is 2. The van der Waals surface area contributed by atoms with Gasteiger partial charge in [0, 0.05) is 19.2 Å². The molecule has 1 aliphatic rings. The van der Waals surface area contributed by atoms with E-state index in [-0.39, 0.29) is 24.2 Å². The number of nitrogens with one attached hydrogen (secondary N) is 1. The van der Waals surface area contributed by atoms with Crippen LogP contribution in [0, 0.1) is 0 Å². The van der Waals surface area contributed by atoms with Gasteiger partial charge < -0.3 is 20.1 Å². The standard InChI is InChI=1S/C24H26N4O5/c1-27(23(30)17-9-11-18(12-10-17)33-15-19-8-5-13-32-19)20-21(25)28(24(31)26-22(20)29)14-16-6-3-2-4-7-16/h2-4,6-7,9-12,19H,5,8,13-15,25H2,1H3,(H,26,29,31). The molecule has 0 bridgehead atoms. The molecule has 0 saturated carbocycles. The summed E-state index contributed by atoms with van der Waals surface area (Å²) in [7, 11) is 1.45. The first-order chi connectivity index (χ1) is 15.9. The van der Waals surface area contributed by atoms with Crippen molar-refractivity contribution >= 4 is 17.4 Å². The number of benzene rings is 2. The van der Waals surface area contributed by atoms with Crippen LogP contribution < -0.4 is 26.6 Å². The highest BCUT2D eigenvalue weighted by Crippen LogP contribution is 2.21. The molecule has 1 unspecified atom stereocenters. The van der Waals surface area contributed by atoms with E-state index in [4.69, 9.17) is 15.2 Å². The largest absolute Gasteiger partial charge is 0.491 e. The van der Waals surface area contributed by atoms with Gasteiger partial charge in [0.15, 0.2) is 5.69 Å². The highest BCUT2D eigenvalue weighted by atomic mass is 16.5. The van der Waals surface area contributed by atoms with Gasteiger partial charge in [0.05, 0.1) is 12.6 Å². The van der Waals surface area contributed by atoms with Gasteiger partial charge in [-0.15, -0.1) is 0 Å². The van der Waals surface area contributed by atoms with Crippen LogP contribution in [0.1, 0.15) is 28.8 Å². The smallest absolute Gasteiger partial charge is 0.330 e. The summed E-state index contributed by atoms with van der Waals surface area (Å²) >= 11 is 0. The second-order valence-corrected chi connectivity index (χ2v) is 7.90. The molecule has 2 heterocycles. The number of carbonyl (C=O) groups is 1. The van der Waals surface area contributed by atoms with Crippen LogP contribution in [0.15, 0.2) is 64.2 Å². The Labute approximate surface area is 190 Å². The SMILES string of the molecule is CN(C(=O)c1ccc(OCC2CCCO2)cc1)c1c(N)n(Cc2ccccc2)c(=O)[nH]c1=O. The van der Waals surface area contributed by atoms with E-state index < -0.39 is 17.2 Å². The Morgan fingerprint density at radius 1 is 1.18 bits per heavy atom. The molecule has 0 aliphatic carbocycles. The van der Waals surface area contributed by atoms with Gasteiger partial charge in [-0.2, -0.15) is 0 Å². The Morgan fingerprint density at radius 3 is 2.58 bits per heavy atom. The summed E-state index contributed by atoms with van der Waals surface area (Å²) in [6, 6.07) is 15.9. The Morgan fingerprint density at radius 2 is 1.91 bits per heavy atom. The third kappa shape index (κ3) is 4.98. The van der Waals surface area contributed by atoms with E-state index in [1.165, 1.54) is 11.6 Å². The van der Waals surface area contributed by atoms with Gasteiger partial charge >= 0.3 is 5.69 Å². The number of hydrogen-bond donors (Lipinski definition) is 2. The van der Waals surface area contributed by atoms with Crippen molar-refractivity contribution in [2.45, 2.75) is 25.5 Å². The first-order valence-electron chi connectivity index (χ1n) is 10.7. The molecule has 1 atom stereocenters. The fourth-order valence-corrected chi connectivity index (χ4v) is 3.78. The minimum atomic E-state index is -0.728. The van der Waals surface area contributed by atoms with Crippen LogP contribution in [0.3, 0.4) is 0 Å². The normalized spacial score (nSPS) is 15.4. The fraction of sp³-hybridized carbons (Fsp3) is 0.292. The number of nitrogen functional groups attached to an aromatic ring is 1. The number of nitrogens with two attached hydrogens (primary N) is 1. The average molecular weight is 450 g/mol. The predicted molar refractivity (Wildman–Crippen MR) is 125 cm³/mol. The third-order valence-electron chi connectivity index (χ3n) is 5.60. The highest BCUT2D eigenvalue weighted by molar-refractivity contribution is 6.06. The van der Waals surface area contributed by atoms with Crippen LogP contribution in [0.4, 0.5) is 11.5 Å². The van der Waals surface area contributed by atoms with E-state index in [0.717, 1.165) is 29.9 Å². The Balaban J connectivity index is 1.53. The molecule has 1 aliphatic heterocycles. The molecule has 33 heavy (non-hydrogen) atoms. The van der Waals surface area contributed by atoms with Crippen molar-refractivity contribution in [2.24, 2.45) is 0 Å². The zero-order valence-corrected chi connectivity index (χ0v) is 18.3. The van der Waals surface area contributed by atoms with E-state index in [0.29, 0.717) is 17.9 Å². The number of anilines is 2. The second kappa shape index (κ2) is 9.74. The molecule has 172 valence electrons. The number of amides is 1. The quantitative estimate of drug-likeness (QED) is 0.568. The molecule has 9 nitrogen and oxygen atoms in total. The second-order valence-electron chi connectivity index (χ2n) is 7.90. The third-order valence-corrected chi connectivity index (χ3v) is 5.60. The molecule has 0 spiro atoms. The van der Waals surface area contributed by atoms with Crippen LogP contribution in [-0.2, 0) is 11.3 Å². The molecule has 1 fully saturated rings. The monoisotopic (exact) mass is 450 g/mol. The average Bonchev–Trinajstić information content (AvgIpc) is 3.34. The number of carbonyl (C=O) groups excluding carboxylic acids is 1. The van der Waals surface area contributed by atoms with E-state index in [1.807, 2.05) is 30.3 Å². The number of nitrogens with zero attached hydrogens (tertiary/aromatic N) is 2. The molecule has 1 saturated heterocycles. The van der Waals surface area contributed by atoms with E-state index in [2.05, 4.69) is 4.98 Å². The Hall–Kier alpha value is -3.85. The zero-order valence-electron chi connectivity index (χ0n) is 18.3. The van der Waals surface area contributed by atoms with Gasteiger partial charge in [-0.1, -0.05) is 30.3 Å². The lowest BCUT2D eigenvalue weighted by Gasteiger charge is -2.20. The first-order valence-corrected chi connectivity index (χ1v) is 10.7. The molecule has 2 aromatic carbocycles. The molecule has 3 aromatic rings. The molecule has 3 N–H and O–H groups in total. The van der Waals surface area contributed by atoms with Gasteiger partial charge in [-0.05, 0) is 42.7 Å². The number of H-pyrrole nitrogens is 1. The van der Waals surface area contributed by atoms with Crippen molar-refractivity contribution in [1.82, 2.24) is 9.55 Å². The van der Waals surface area contributed by atoms with Gasteiger partial charge in [0.25, 0.3) is 11.5 Å². The number of ether oxygens (including phenoxy) is 2. The van der Waals surface area contributed by atoms with Crippen molar-refractivity contribution in [1.29, 1.82) is 0 Å². The first kappa shape index (κ1) is 22.3. The summed E-state index contributed by atoms with van der Waals surface area (Å²) in [5.74, 6) is 0.0984. The molecule has 4 rings (SSSR count). The summed E-state index contributed by atoms with van der Waals surface area (Å²) in [5, 5.41) is 0. The lowest BCUT2D eigenvalue weighted by Crippen LogP contribution is -2.39. The van der Waals surface area contributed by atoms with Gasteiger partial charge in [-0.3, -0.25) is 19.1 Å². The van der Waals surface area contributed by atoms with Crippen molar-refractivity contribution in [3.8, 4) is 5.75 Å². The molecule has 1 aromatic heterocycles. The van der Waals surface area contributed by atoms with Crippen LogP contribution in [0.5, 0.6) is 5.75 Å².